The fraction of sp³-hybridized carbons (Fsp3) is 0.696. The molecule has 27 heavy (non-hydrogen) atoms. The first-order chi connectivity index (χ1) is 13.1. The van der Waals surface area contributed by atoms with Gasteiger partial charge in [-0.05, 0) is 75.9 Å². The molecule has 0 aromatic heterocycles. The molecule has 3 saturated heterocycles. The molecule has 4 atom stereocenters. The number of nitrogens with zero attached hydrogens (tertiary/aromatic N) is 2. The van der Waals surface area contributed by atoms with Crippen LogP contribution in [-0.4, -0.2) is 52.6 Å². The van der Waals surface area contributed by atoms with Gasteiger partial charge in [-0.25, -0.2) is 0 Å². The lowest BCUT2D eigenvalue weighted by atomic mass is 9.69. The molecule has 0 radical (unpaired) electrons. The van der Waals surface area contributed by atoms with Gasteiger partial charge in [0.25, 0.3) is 0 Å². The zero-order valence-electron chi connectivity index (χ0n) is 16.6. The Morgan fingerprint density at radius 3 is 2.81 bits per heavy atom. The Morgan fingerprint density at radius 1 is 1.22 bits per heavy atom. The molecular weight excluding hydrogens is 336 g/mol. The zero-order valence-corrected chi connectivity index (χ0v) is 16.6. The van der Waals surface area contributed by atoms with Crippen LogP contribution < -0.4 is 0 Å². The first-order valence-electron chi connectivity index (χ1n) is 10.9. The Morgan fingerprint density at radius 2 is 2.04 bits per heavy atom. The Hall–Kier alpha value is -1.39. The number of aryl methyl sites for hydroxylation is 1. The molecule has 0 aliphatic carbocycles. The molecule has 0 amide bonds. The number of carboxylic acid groups (broad SMARTS) is 1. The number of aliphatic carboxylic acids is 1. The van der Waals surface area contributed by atoms with Gasteiger partial charge in [0.2, 0.25) is 0 Å². The van der Waals surface area contributed by atoms with E-state index in [0.717, 1.165) is 37.3 Å². The van der Waals surface area contributed by atoms with Crippen LogP contribution in [0.3, 0.4) is 0 Å². The van der Waals surface area contributed by atoms with E-state index in [1.807, 2.05) is 0 Å². The van der Waals surface area contributed by atoms with Crippen molar-refractivity contribution in [3.8, 4) is 0 Å². The molecule has 0 bridgehead atoms. The van der Waals surface area contributed by atoms with E-state index in [-0.39, 0.29) is 0 Å². The molecule has 3 heterocycles. The van der Waals surface area contributed by atoms with E-state index in [0.29, 0.717) is 12.5 Å². The maximum Gasteiger partial charge on any atom is 0.303 e. The number of hydrogen-bond acceptors (Lipinski definition) is 3. The fourth-order valence-electron chi connectivity index (χ4n) is 6.17. The molecule has 4 heteroatoms. The number of rotatable bonds is 6. The third kappa shape index (κ3) is 4.22. The zero-order chi connectivity index (χ0) is 18.8. The Bertz CT molecular complexity index is 660. The minimum atomic E-state index is -0.656. The van der Waals surface area contributed by atoms with Crippen LogP contribution in [0.4, 0.5) is 0 Å². The largest absolute Gasteiger partial charge is 0.481 e. The smallest absolute Gasteiger partial charge is 0.303 e. The fourth-order valence-corrected chi connectivity index (χ4v) is 6.17. The van der Waals surface area contributed by atoms with Crippen LogP contribution in [0.2, 0.25) is 0 Å². The monoisotopic (exact) mass is 370 g/mol. The molecule has 0 saturated carbocycles. The number of hydrogen-bond donors (Lipinski definition) is 1. The van der Waals surface area contributed by atoms with E-state index in [1.165, 1.54) is 56.4 Å². The van der Waals surface area contributed by atoms with Crippen LogP contribution in [0.15, 0.2) is 24.3 Å². The molecule has 1 N–H and O–H groups in total. The van der Waals surface area contributed by atoms with E-state index in [2.05, 4.69) is 41.0 Å². The van der Waals surface area contributed by atoms with E-state index in [9.17, 15) is 4.79 Å². The van der Waals surface area contributed by atoms with Crippen molar-refractivity contribution < 1.29 is 9.90 Å². The van der Waals surface area contributed by atoms with Gasteiger partial charge in [0.15, 0.2) is 0 Å². The van der Waals surface area contributed by atoms with Crippen molar-refractivity contribution in [3.05, 3.63) is 35.4 Å². The van der Waals surface area contributed by atoms with Crippen molar-refractivity contribution in [2.24, 2.45) is 11.8 Å². The molecule has 3 aliphatic heterocycles. The van der Waals surface area contributed by atoms with Crippen LogP contribution >= 0.6 is 0 Å². The van der Waals surface area contributed by atoms with Crippen LogP contribution in [0, 0.1) is 18.8 Å². The van der Waals surface area contributed by atoms with Crippen molar-refractivity contribution in [1.82, 2.24) is 9.80 Å². The molecule has 0 unspecified atom stereocenters. The summed E-state index contributed by atoms with van der Waals surface area (Å²) in [4.78, 5) is 16.6. The highest BCUT2D eigenvalue weighted by Gasteiger charge is 2.48. The van der Waals surface area contributed by atoms with Gasteiger partial charge >= 0.3 is 5.97 Å². The summed E-state index contributed by atoms with van der Waals surface area (Å²) in [5, 5.41) is 9.12. The summed E-state index contributed by atoms with van der Waals surface area (Å²) in [6, 6.07) is 10.2. The summed E-state index contributed by atoms with van der Waals surface area (Å²) in [6.45, 7) is 6.91. The van der Waals surface area contributed by atoms with Crippen LogP contribution in [-0.2, 0) is 11.3 Å². The lowest BCUT2D eigenvalue weighted by Gasteiger charge is -2.57. The summed E-state index contributed by atoms with van der Waals surface area (Å²) >= 11 is 0. The minimum Gasteiger partial charge on any atom is -0.481 e. The van der Waals surface area contributed by atoms with Gasteiger partial charge in [-0.15, -0.1) is 0 Å². The molecule has 3 fully saturated rings. The predicted molar refractivity (Wildman–Crippen MR) is 108 cm³/mol. The first-order valence-corrected chi connectivity index (χ1v) is 10.9. The second-order valence-electron chi connectivity index (χ2n) is 9.01. The van der Waals surface area contributed by atoms with E-state index in [1.54, 1.807) is 0 Å². The number of benzene rings is 1. The molecule has 0 spiro atoms. The minimum absolute atomic E-state index is 0.305. The molecule has 3 aliphatic rings. The highest BCUT2D eigenvalue weighted by Crippen LogP contribution is 2.43. The Balaban J connectivity index is 1.55. The third-order valence-corrected chi connectivity index (χ3v) is 7.14. The average Bonchev–Trinajstić information content (AvgIpc) is 2.64. The highest BCUT2D eigenvalue weighted by atomic mass is 16.4. The van der Waals surface area contributed by atoms with Crippen molar-refractivity contribution >= 4 is 5.97 Å². The van der Waals surface area contributed by atoms with Crippen molar-refractivity contribution in [1.29, 1.82) is 0 Å². The molecule has 1 aromatic carbocycles. The molecule has 148 valence electrons. The van der Waals surface area contributed by atoms with Crippen molar-refractivity contribution in [2.75, 3.05) is 19.6 Å². The van der Waals surface area contributed by atoms with Gasteiger partial charge in [-0.3, -0.25) is 14.6 Å². The van der Waals surface area contributed by atoms with E-state index >= 15 is 0 Å². The third-order valence-electron chi connectivity index (χ3n) is 7.14. The molecule has 4 nitrogen and oxygen atoms in total. The lowest BCUT2D eigenvalue weighted by Crippen LogP contribution is -2.64. The summed E-state index contributed by atoms with van der Waals surface area (Å²) < 4.78 is 0. The molecular formula is C23H34N2O2. The van der Waals surface area contributed by atoms with Crippen LogP contribution in [0.1, 0.15) is 56.1 Å². The van der Waals surface area contributed by atoms with Gasteiger partial charge in [-0.1, -0.05) is 29.8 Å². The van der Waals surface area contributed by atoms with Gasteiger partial charge in [0.1, 0.15) is 0 Å². The second kappa shape index (κ2) is 8.32. The summed E-state index contributed by atoms with van der Waals surface area (Å²) in [5.74, 6) is 0.859. The number of likely N-dealkylation sites (tertiary alicyclic amines) is 1. The molecule has 1 aromatic rings. The Labute approximate surface area is 163 Å². The average molecular weight is 371 g/mol. The molecule has 4 rings (SSSR count). The topological polar surface area (TPSA) is 43.8 Å². The number of carbonyl (C=O) groups is 1. The summed E-state index contributed by atoms with van der Waals surface area (Å²) in [5.41, 5.74) is 2.73. The maximum absolute atomic E-state index is 11.1. The summed E-state index contributed by atoms with van der Waals surface area (Å²) in [6.07, 6.45) is 7.47. The lowest BCUT2D eigenvalue weighted by molar-refractivity contribution is -0.137. The number of carboxylic acids is 1. The Kier molecular flexibility index (Phi) is 5.84. The second-order valence-corrected chi connectivity index (χ2v) is 9.01. The predicted octanol–water partition coefficient (Wildman–Crippen LogP) is 3.92. The van der Waals surface area contributed by atoms with E-state index < -0.39 is 5.97 Å². The standard InChI is InChI=1S/C23H34N2O2/c1-17-6-2-7-18(14-17)15-25-16-19-8-4-12-24-13-5-9-20(23(19)24)21(25)10-3-11-22(26)27/h2,6-7,14,19-21,23H,3-5,8-13,15-16H2,1H3,(H,26,27)/t19-,20+,21+,23-/m0/s1. The van der Waals surface area contributed by atoms with Crippen molar-refractivity contribution in [3.63, 3.8) is 0 Å². The maximum atomic E-state index is 11.1. The van der Waals surface area contributed by atoms with Gasteiger partial charge in [-0.2, -0.15) is 0 Å². The van der Waals surface area contributed by atoms with Gasteiger partial charge < -0.3 is 5.11 Å². The van der Waals surface area contributed by atoms with E-state index in [4.69, 9.17) is 5.11 Å². The SMILES string of the molecule is Cc1cccc(CN2C[C@@H]3CCCN4CCC[C@@H]([C@H]34)[C@H]2CCCC(=O)O)c1. The quantitative estimate of drug-likeness (QED) is 0.824. The van der Waals surface area contributed by atoms with Crippen LogP contribution in [0.5, 0.6) is 0 Å². The van der Waals surface area contributed by atoms with Gasteiger partial charge in [0.05, 0.1) is 0 Å². The number of piperidine rings is 3. The highest BCUT2D eigenvalue weighted by molar-refractivity contribution is 5.66. The van der Waals surface area contributed by atoms with Crippen LogP contribution in [0.25, 0.3) is 0 Å². The van der Waals surface area contributed by atoms with Gasteiger partial charge in [0, 0.05) is 31.6 Å². The first kappa shape index (κ1) is 18.9. The normalized spacial score (nSPS) is 31.4. The van der Waals surface area contributed by atoms with Crippen molar-refractivity contribution in [2.45, 2.75) is 70.5 Å². The summed E-state index contributed by atoms with van der Waals surface area (Å²) in [7, 11) is 0.